The van der Waals surface area contributed by atoms with Gasteiger partial charge in [0.25, 0.3) is 0 Å². The molecule has 1 aromatic carbocycles. The van der Waals surface area contributed by atoms with Crippen molar-refractivity contribution in [1.29, 1.82) is 0 Å². The predicted octanol–water partition coefficient (Wildman–Crippen LogP) is 5.00. The van der Waals surface area contributed by atoms with E-state index in [0.717, 1.165) is 16.6 Å². The van der Waals surface area contributed by atoms with Gasteiger partial charge in [0.1, 0.15) is 5.60 Å². The van der Waals surface area contributed by atoms with Gasteiger partial charge < -0.3 is 4.74 Å². The number of hydrogen-bond acceptors (Lipinski definition) is 2. The molecule has 0 spiro atoms. The molecule has 0 aliphatic heterocycles. The summed E-state index contributed by atoms with van der Waals surface area (Å²) < 4.78 is 6.98. The van der Waals surface area contributed by atoms with Crippen LogP contribution in [0.2, 0.25) is 5.02 Å². The molecule has 1 aromatic heterocycles. The Morgan fingerprint density at radius 1 is 1.40 bits per heavy atom. The molecule has 0 saturated heterocycles. The Hall–Kier alpha value is -0.424. The summed E-state index contributed by atoms with van der Waals surface area (Å²) in [5, 5.41) is 0.620. The van der Waals surface area contributed by atoms with E-state index in [1.165, 1.54) is 0 Å². The number of hydrogen-bond donors (Lipinski definition) is 0. The third-order valence-corrected chi connectivity index (χ3v) is 3.89. The minimum Gasteiger partial charge on any atom is -0.506 e. The minimum absolute atomic E-state index is 0. The van der Waals surface area contributed by atoms with E-state index in [9.17, 15) is 0 Å². The Kier molecular flexibility index (Phi) is 6.65. The first-order valence-corrected chi connectivity index (χ1v) is 7.19. The molecule has 1 radical (unpaired) electrons. The van der Waals surface area contributed by atoms with Gasteiger partial charge in [0.15, 0.2) is 0 Å². The standard InChI is InChI=1S/C15H14BrClNO.Os/c1-3-15(2,14-9-8-11(17)10-18-14)19-13-7-5-4-6-12(13)16;/h4-6,8-10H,3H2,1-2H3;/q-1;+1/t15-;/m1./s1. The second-order valence-electron chi connectivity index (χ2n) is 4.40. The third-order valence-electron chi connectivity index (χ3n) is 3.04. The van der Waals surface area contributed by atoms with Crippen molar-refractivity contribution in [1.82, 2.24) is 4.98 Å². The van der Waals surface area contributed by atoms with Gasteiger partial charge >= 0.3 is 19.8 Å². The van der Waals surface area contributed by atoms with Gasteiger partial charge in [-0.05, 0) is 25.5 Å². The molecule has 0 N–H and O–H groups in total. The van der Waals surface area contributed by atoms with Crippen LogP contribution < -0.4 is 4.74 Å². The number of pyridine rings is 1. The average Bonchev–Trinajstić information content (AvgIpc) is 2.42. The van der Waals surface area contributed by atoms with Crippen molar-refractivity contribution in [3.05, 3.63) is 57.8 Å². The van der Waals surface area contributed by atoms with E-state index in [4.69, 9.17) is 16.3 Å². The van der Waals surface area contributed by atoms with E-state index < -0.39 is 5.60 Å². The van der Waals surface area contributed by atoms with Crippen molar-refractivity contribution in [2.45, 2.75) is 25.9 Å². The van der Waals surface area contributed by atoms with E-state index in [-0.39, 0.29) is 19.8 Å². The molecule has 0 saturated carbocycles. The van der Waals surface area contributed by atoms with Gasteiger partial charge in [-0.1, -0.05) is 23.0 Å². The molecule has 20 heavy (non-hydrogen) atoms. The second-order valence-corrected chi connectivity index (χ2v) is 5.69. The molecule has 0 fully saturated rings. The summed E-state index contributed by atoms with van der Waals surface area (Å²) in [4.78, 5) is 4.36. The van der Waals surface area contributed by atoms with Crippen LogP contribution in [0.25, 0.3) is 0 Å². The fraction of sp³-hybridized carbons (Fsp3) is 0.267. The maximum atomic E-state index is 6.10. The Morgan fingerprint density at radius 2 is 2.15 bits per heavy atom. The molecule has 2 rings (SSSR count). The molecule has 107 valence electrons. The van der Waals surface area contributed by atoms with Crippen LogP contribution in [0.3, 0.4) is 0 Å². The van der Waals surface area contributed by atoms with E-state index in [1.54, 1.807) is 6.20 Å². The van der Waals surface area contributed by atoms with E-state index in [2.05, 4.69) is 33.9 Å². The zero-order valence-electron chi connectivity index (χ0n) is 11.1. The maximum Gasteiger partial charge on any atom is 1.00 e. The normalized spacial score (nSPS) is 13.2. The molecule has 0 amide bonds. The summed E-state index contributed by atoms with van der Waals surface area (Å²) in [5.41, 5.74) is 0.342. The zero-order chi connectivity index (χ0) is 13.9. The summed E-state index contributed by atoms with van der Waals surface area (Å²) in [5.74, 6) is 0.684. The SMILES string of the molecule is CC[C@@](C)(Oc1[c-]cccc1Br)c1ccc(Cl)cn1.[Os+]. The fourth-order valence-corrected chi connectivity index (χ4v) is 2.16. The van der Waals surface area contributed by atoms with Gasteiger partial charge in [-0.3, -0.25) is 4.98 Å². The first kappa shape index (κ1) is 17.6. The summed E-state index contributed by atoms with van der Waals surface area (Å²) in [7, 11) is 0. The molecule has 0 aliphatic rings. The average molecular weight is 530 g/mol. The number of nitrogens with zero attached hydrogens (tertiary/aromatic N) is 1. The molecular formula is C15H14BrClNOOs. The van der Waals surface area contributed by atoms with Crippen LogP contribution in [0, 0.1) is 6.07 Å². The van der Waals surface area contributed by atoms with Crippen LogP contribution >= 0.6 is 27.5 Å². The van der Waals surface area contributed by atoms with Crippen LogP contribution in [0.1, 0.15) is 26.0 Å². The number of halogens is 2. The number of para-hydroxylation sites is 1. The van der Waals surface area contributed by atoms with Crippen LogP contribution in [0.15, 0.2) is 41.0 Å². The van der Waals surface area contributed by atoms with Gasteiger partial charge in [0.2, 0.25) is 0 Å². The number of rotatable bonds is 4. The fourth-order valence-electron chi connectivity index (χ4n) is 1.70. The Bertz CT molecular complexity index is 564. The minimum atomic E-state index is -0.509. The number of aromatic nitrogens is 1. The van der Waals surface area contributed by atoms with Crippen molar-refractivity contribution in [3.63, 3.8) is 0 Å². The molecule has 0 aliphatic carbocycles. The molecule has 1 atom stereocenters. The number of benzene rings is 1. The van der Waals surface area contributed by atoms with Crippen molar-refractivity contribution in [2.24, 2.45) is 0 Å². The van der Waals surface area contributed by atoms with E-state index >= 15 is 0 Å². The molecular weight excluding hydrogens is 516 g/mol. The molecule has 2 nitrogen and oxygen atoms in total. The summed E-state index contributed by atoms with van der Waals surface area (Å²) in [6.07, 6.45) is 2.43. The van der Waals surface area contributed by atoms with Crippen molar-refractivity contribution in [2.75, 3.05) is 0 Å². The topological polar surface area (TPSA) is 22.1 Å². The Balaban J connectivity index is 0.00000200. The maximum absolute atomic E-state index is 6.10. The zero-order valence-corrected chi connectivity index (χ0v) is 16.0. The quantitative estimate of drug-likeness (QED) is 0.520. The Labute approximate surface area is 146 Å². The largest absolute Gasteiger partial charge is 1.00 e. The second kappa shape index (κ2) is 7.55. The summed E-state index contributed by atoms with van der Waals surface area (Å²) in [6.45, 7) is 4.07. The van der Waals surface area contributed by atoms with Gasteiger partial charge in [-0.2, -0.15) is 18.2 Å². The number of ether oxygens (including phenoxy) is 1. The van der Waals surface area contributed by atoms with Crippen LogP contribution in [0.5, 0.6) is 5.75 Å². The molecule has 0 unspecified atom stereocenters. The summed E-state index contributed by atoms with van der Waals surface area (Å²) in [6, 6.07) is 12.5. The van der Waals surface area contributed by atoms with Gasteiger partial charge in [-0.15, -0.1) is 22.0 Å². The van der Waals surface area contributed by atoms with E-state index in [1.807, 2.05) is 37.3 Å². The molecule has 2 aromatic rings. The van der Waals surface area contributed by atoms with Crippen molar-refractivity contribution < 1.29 is 24.5 Å². The monoisotopic (exact) mass is 530 g/mol. The third kappa shape index (κ3) is 4.04. The molecule has 1 heterocycles. The molecule has 5 heteroatoms. The van der Waals surface area contributed by atoms with Gasteiger partial charge in [0, 0.05) is 11.9 Å². The first-order chi connectivity index (χ1) is 9.05. The van der Waals surface area contributed by atoms with Crippen LogP contribution in [0.4, 0.5) is 0 Å². The van der Waals surface area contributed by atoms with Crippen molar-refractivity contribution >= 4 is 27.5 Å². The molecule has 0 bridgehead atoms. The Morgan fingerprint density at radius 3 is 2.70 bits per heavy atom. The smallest absolute Gasteiger partial charge is 0.506 e. The van der Waals surface area contributed by atoms with Crippen LogP contribution in [-0.2, 0) is 25.4 Å². The van der Waals surface area contributed by atoms with Crippen molar-refractivity contribution in [3.8, 4) is 5.75 Å². The van der Waals surface area contributed by atoms with Gasteiger partial charge in [-0.25, -0.2) is 0 Å². The predicted molar refractivity (Wildman–Crippen MR) is 80.5 cm³/mol. The van der Waals surface area contributed by atoms with Gasteiger partial charge in [0.05, 0.1) is 10.7 Å². The summed E-state index contributed by atoms with van der Waals surface area (Å²) >= 11 is 9.34. The van der Waals surface area contributed by atoms with Crippen LogP contribution in [-0.4, -0.2) is 4.98 Å². The van der Waals surface area contributed by atoms with E-state index in [0.29, 0.717) is 10.8 Å². The first-order valence-electron chi connectivity index (χ1n) is 6.02.